The molecule has 0 atom stereocenters. The van der Waals surface area contributed by atoms with Crippen LogP contribution in [0, 0.1) is 11.3 Å². The summed E-state index contributed by atoms with van der Waals surface area (Å²) in [4.78, 5) is 11.9. The molecule has 0 radical (unpaired) electrons. The highest BCUT2D eigenvalue weighted by Crippen LogP contribution is 2.17. The Bertz CT molecular complexity index is 668. The Morgan fingerprint density at radius 3 is 2.89 bits per heavy atom. The molecule has 0 saturated heterocycles. The van der Waals surface area contributed by atoms with E-state index < -0.39 is 0 Å². The molecule has 94 valence electrons. The average Bonchev–Trinajstić information content (AvgIpc) is 2.83. The van der Waals surface area contributed by atoms with Gasteiger partial charge in [-0.2, -0.15) is 5.26 Å². The van der Waals surface area contributed by atoms with Crippen LogP contribution in [0.1, 0.15) is 16.1 Å². The number of amides is 1. The van der Waals surface area contributed by atoms with Crippen molar-refractivity contribution >= 4 is 33.6 Å². The zero-order valence-corrected chi connectivity index (χ0v) is 11.3. The van der Waals surface area contributed by atoms with Crippen LogP contribution < -0.4 is 5.32 Å². The molecule has 0 aliphatic carbocycles. The Morgan fingerprint density at radius 2 is 2.21 bits per heavy atom. The van der Waals surface area contributed by atoms with Crippen molar-refractivity contribution in [3.05, 3.63) is 58.5 Å². The van der Waals surface area contributed by atoms with Crippen LogP contribution in [0.5, 0.6) is 0 Å². The topological polar surface area (TPSA) is 66.0 Å². The zero-order chi connectivity index (χ0) is 13.7. The third-order valence-corrected chi connectivity index (χ3v) is 2.72. The number of furan rings is 1. The van der Waals surface area contributed by atoms with Crippen molar-refractivity contribution in [1.82, 2.24) is 0 Å². The predicted molar refractivity (Wildman–Crippen MR) is 75.5 cm³/mol. The first-order valence-electron chi connectivity index (χ1n) is 5.42. The molecular weight excluding hydrogens is 308 g/mol. The van der Waals surface area contributed by atoms with Crippen molar-refractivity contribution in [2.45, 2.75) is 0 Å². The Labute approximate surface area is 118 Å². The lowest BCUT2D eigenvalue weighted by Gasteiger charge is -2.03. The number of benzene rings is 1. The fraction of sp³-hybridized carbons (Fsp3) is 0. The Balaban J connectivity index is 2.13. The van der Waals surface area contributed by atoms with Crippen molar-refractivity contribution in [2.75, 3.05) is 5.32 Å². The molecule has 1 amide bonds. The van der Waals surface area contributed by atoms with E-state index in [1.807, 2.05) is 12.1 Å². The van der Waals surface area contributed by atoms with Gasteiger partial charge in [-0.05, 0) is 51.8 Å². The van der Waals surface area contributed by atoms with Gasteiger partial charge in [0.25, 0.3) is 5.91 Å². The number of nitrogens with one attached hydrogen (secondary N) is 1. The van der Waals surface area contributed by atoms with Crippen LogP contribution in [0.4, 0.5) is 5.69 Å². The van der Waals surface area contributed by atoms with E-state index in [-0.39, 0.29) is 11.7 Å². The number of anilines is 1. The van der Waals surface area contributed by atoms with Gasteiger partial charge in [0, 0.05) is 11.8 Å². The van der Waals surface area contributed by atoms with Crippen molar-refractivity contribution < 1.29 is 9.21 Å². The van der Waals surface area contributed by atoms with E-state index in [9.17, 15) is 4.79 Å². The molecule has 1 heterocycles. The molecule has 1 aromatic carbocycles. The van der Waals surface area contributed by atoms with E-state index in [2.05, 4.69) is 21.2 Å². The molecule has 0 bridgehead atoms. The number of carbonyl (C=O) groups excluding carboxylic acids is 1. The third kappa shape index (κ3) is 3.57. The van der Waals surface area contributed by atoms with Crippen molar-refractivity contribution in [1.29, 1.82) is 5.26 Å². The van der Waals surface area contributed by atoms with Gasteiger partial charge in [0.2, 0.25) is 0 Å². The maximum Gasteiger partial charge on any atom is 0.291 e. The van der Waals surface area contributed by atoms with Gasteiger partial charge in [0.1, 0.15) is 0 Å². The highest BCUT2D eigenvalue weighted by molar-refractivity contribution is 9.10. The molecule has 5 heteroatoms. The maximum absolute atomic E-state index is 11.9. The van der Waals surface area contributed by atoms with Crippen LogP contribution >= 0.6 is 15.9 Å². The number of hydrogen-bond acceptors (Lipinski definition) is 3. The van der Waals surface area contributed by atoms with Crippen LogP contribution in [0.25, 0.3) is 6.08 Å². The van der Waals surface area contributed by atoms with Crippen LogP contribution in [0.3, 0.4) is 0 Å². The van der Waals surface area contributed by atoms with Crippen LogP contribution in [0.2, 0.25) is 0 Å². The lowest BCUT2D eigenvalue weighted by atomic mass is 10.2. The summed E-state index contributed by atoms with van der Waals surface area (Å²) in [5.41, 5.74) is 1.47. The molecule has 2 aromatic rings. The standard InChI is InChI=1S/C14H9BrN2O2/c15-13-7-6-12(19-13)14(18)17-11-5-1-3-10(9-11)4-2-8-16/h1-7,9H,(H,17,18). The minimum absolute atomic E-state index is 0.227. The molecule has 0 spiro atoms. The molecule has 0 aliphatic rings. The van der Waals surface area contributed by atoms with E-state index >= 15 is 0 Å². The fourth-order valence-electron chi connectivity index (χ4n) is 1.48. The molecular formula is C14H9BrN2O2. The molecule has 19 heavy (non-hydrogen) atoms. The van der Waals surface area contributed by atoms with Gasteiger partial charge >= 0.3 is 0 Å². The molecule has 0 saturated carbocycles. The van der Waals surface area contributed by atoms with Gasteiger partial charge < -0.3 is 9.73 Å². The smallest absolute Gasteiger partial charge is 0.291 e. The molecule has 4 nitrogen and oxygen atoms in total. The van der Waals surface area contributed by atoms with Gasteiger partial charge in [-0.3, -0.25) is 4.79 Å². The predicted octanol–water partition coefficient (Wildman–Crippen LogP) is 3.83. The van der Waals surface area contributed by atoms with Crippen molar-refractivity contribution in [3.63, 3.8) is 0 Å². The van der Waals surface area contributed by atoms with E-state index in [0.717, 1.165) is 5.56 Å². The second-order valence-corrected chi connectivity index (χ2v) is 4.43. The summed E-state index contributed by atoms with van der Waals surface area (Å²) in [7, 11) is 0. The van der Waals surface area contributed by atoms with Crippen LogP contribution in [-0.4, -0.2) is 5.91 Å². The van der Waals surface area contributed by atoms with E-state index in [1.54, 1.807) is 36.4 Å². The van der Waals surface area contributed by atoms with Gasteiger partial charge in [-0.25, -0.2) is 0 Å². The minimum atomic E-state index is -0.327. The van der Waals surface area contributed by atoms with Crippen LogP contribution in [-0.2, 0) is 0 Å². The number of hydrogen-bond donors (Lipinski definition) is 1. The Kier molecular flexibility index (Phi) is 4.16. The second kappa shape index (κ2) is 6.03. The van der Waals surface area contributed by atoms with Crippen LogP contribution in [0.15, 0.2) is 51.6 Å². The molecule has 0 unspecified atom stereocenters. The highest BCUT2D eigenvalue weighted by atomic mass is 79.9. The number of nitrogens with zero attached hydrogens (tertiary/aromatic N) is 1. The zero-order valence-electron chi connectivity index (χ0n) is 9.76. The van der Waals surface area contributed by atoms with E-state index in [4.69, 9.17) is 9.68 Å². The molecule has 0 aliphatic heterocycles. The highest BCUT2D eigenvalue weighted by Gasteiger charge is 2.10. The summed E-state index contributed by atoms with van der Waals surface area (Å²) in [6.45, 7) is 0. The number of halogens is 1. The molecule has 1 aromatic heterocycles. The first kappa shape index (κ1) is 13.1. The number of rotatable bonds is 3. The molecule has 0 fully saturated rings. The summed E-state index contributed by atoms with van der Waals surface area (Å²) in [6.07, 6.45) is 3.05. The Morgan fingerprint density at radius 1 is 1.37 bits per heavy atom. The summed E-state index contributed by atoms with van der Waals surface area (Å²) >= 11 is 3.14. The van der Waals surface area contributed by atoms with Gasteiger partial charge in [0.15, 0.2) is 10.4 Å². The Hall–Kier alpha value is -2.32. The lowest BCUT2D eigenvalue weighted by Crippen LogP contribution is -2.10. The van der Waals surface area contributed by atoms with E-state index in [0.29, 0.717) is 10.4 Å². The number of carbonyl (C=O) groups is 1. The first-order valence-corrected chi connectivity index (χ1v) is 6.21. The van der Waals surface area contributed by atoms with E-state index in [1.165, 1.54) is 6.08 Å². The largest absolute Gasteiger partial charge is 0.444 e. The third-order valence-electron chi connectivity index (χ3n) is 2.29. The lowest BCUT2D eigenvalue weighted by molar-refractivity contribution is 0.0995. The summed E-state index contributed by atoms with van der Waals surface area (Å²) in [5.74, 6) is -0.100. The molecule has 1 N–H and O–H groups in total. The van der Waals surface area contributed by atoms with Gasteiger partial charge in [-0.1, -0.05) is 12.1 Å². The summed E-state index contributed by atoms with van der Waals surface area (Å²) in [5, 5.41) is 11.2. The van der Waals surface area contributed by atoms with Crippen molar-refractivity contribution in [2.24, 2.45) is 0 Å². The molecule has 2 rings (SSSR count). The minimum Gasteiger partial charge on any atom is -0.444 e. The fourth-order valence-corrected chi connectivity index (χ4v) is 1.79. The maximum atomic E-state index is 11.9. The quantitative estimate of drug-likeness (QED) is 0.875. The normalized spacial score (nSPS) is 10.3. The SMILES string of the molecule is N#CC=Cc1cccc(NC(=O)c2ccc(Br)o2)c1. The summed E-state index contributed by atoms with van der Waals surface area (Å²) in [6, 6.07) is 12.3. The van der Waals surface area contributed by atoms with Crippen molar-refractivity contribution in [3.8, 4) is 6.07 Å². The van der Waals surface area contributed by atoms with Gasteiger partial charge in [0.05, 0.1) is 6.07 Å². The first-order chi connectivity index (χ1) is 9.19. The summed E-state index contributed by atoms with van der Waals surface area (Å²) < 4.78 is 5.66. The average molecular weight is 317 g/mol. The second-order valence-electron chi connectivity index (χ2n) is 3.65. The van der Waals surface area contributed by atoms with Gasteiger partial charge in [-0.15, -0.1) is 0 Å². The monoisotopic (exact) mass is 316 g/mol. The number of nitriles is 1. The number of allylic oxidation sites excluding steroid dienone is 1.